The number of rotatable bonds is 8. The highest BCUT2D eigenvalue weighted by atomic mass is 35.5. The van der Waals surface area contributed by atoms with Gasteiger partial charge in [-0.05, 0) is 51.1 Å². The lowest BCUT2D eigenvalue weighted by molar-refractivity contribution is -0.179. The minimum Gasteiger partial charge on any atom is -0.428 e. The Morgan fingerprint density at radius 1 is 1.04 bits per heavy atom. The summed E-state index contributed by atoms with van der Waals surface area (Å²) >= 11 is 25.2. The summed E-state index contributed by atoms with van der Waals surface area (Å²) in [6.45, 7) is 2.96. The fraction of sp³-hybridized carbons (Fsp3) is 0.467. The van der Waals surface area contributed by atoms with Crippen LogP contribution in [0, 0.1) is 17.3 Å². The predicted octanol–water partition coefficient (Wildman–Crippen LogP) is 6.44. The smallest absolute Gasteiger partial charge is 0.315 e. The number of amides is 1. The second kappa shape index (κ2) is 12.8. The molecule has 2 aromatic carbocycles. The van der Waals surface area contributed by atoms with Crippen LogP contribution in [0.25, 0.3) is 0 Å². The van der Waals surface area contributed by atoms with Crippen LogP contribution in [0.5, 0.6) is 0 Å². The van der Waals surface area contributed by atoms with Crippen LogP contribution in [-0.2, 0) is 34.2 Å². The first-order valence-corrected chi connectivity index (χ1v) is 15.2. The van der Waals surface area contributed by atoms with Crippen molar-refractivity contribution in [3.05, 3.63) is 56.0 Å². The van der Waals surface area contributed by atoms with E-state index in [9.17, 15) is 19.2 Å². The molecule has 2 aliphatic heterocycles. The first-order valence-electron chi connectivity index (χ1n) is 13.7. The minimum absolute atomic E-state index is 0.0161. The molecule has 2 heterocycles. The minimum atomic E-state index is -3.34. The van der Waals surface area contributed by atoms with E-state index in [0.717, 1.165) is 9.80 Å². The zero-order valence-electron chi connectivity index (χ0n) is 24.9. The topological polar surface area (TPSA) is 105 Å². The van der Waals surface area contributed by atoms with Gasteiger partial charge in [-0.2, -0.15) is 0 Å². The van der Waals surface area contributed by atoms with Gasteiger partial charge >= 0.3 is 11.9 Å². The maximum absolute atomic E-state index is 15.2. The predicted molar refractivity (Wildman–Crippen MR) is 167 cm³/mol. The van der Waals surface area contributed by atoms with Crippen LogP contribution in [0.4, 0.5) is 20.2 Å². The van der Waals surface area contributed by atoms with Crippen LogP contribution >= 0.6 is 46.4 Å². The van der Waals surface area contributed by atoms with Crippen molar-refractivity contribution in [2.45, 2.75) is 44.7 Å². The molecule has 2 aromatic rings. The monoisotopic (exact) mass is 707 g/mol. The standard InChI is InChI=1S/C30H31Cl4F2N3O6/c1-28(2,3)27(43)45-14-44-26(42)23-22(25(41)38(5)18-7-15(31)6-16(32)8-18)21-11-29(35,36)12-39(21)30(23,13-40)19-9-17(33)10-20(34)24(19)37-4/h6-10,13,21-23,37H,11-12,14H2,1-5H3/t21?,22-,23-,30-/m1/s1. The first kappa shape index (κ1) is 35.2. The molecule has 2 saturated heterocycles. The average Bonchev–Trinajstić information content (AvgIpc) is 3.38. The van der Waals surface area contributed by atoms with Crippen molar-refractivity contribution >= 4 is 81.9 Å². The fourth-order valence-corrected chi connectivity index (χ4v) is 7.19. The van der Waals surface area contributed by atoms with Crippen molar-refractivity contribution in [1.82, 2.24) is 4.90 Å². The Labute approximate surface area is 279 Å². The van der Waals surface area contributed by atoms with E-state index in [1.54, 1.807) is 20.8 Å². The second-order valence-corrected chi connectivity index (χ2v) is 13.8. The third kappa shape index (κ3) is 6.60. The molecule has 4 rings (SSSR count). The number of hydrogen-bond donors (Lipinski definition) is 1. The Hall–Kier alpha value is -2.70. The molecule has 1 N–H and O–H groups in total. The Morgan fingerprint density at radius 2 is 1.64 bits per heavy atom. The number of alkyl halides is 2. The molecule has 2 aliphatic rings. The maximum atomic E-state index is 15.2. The van der Waals surface area contributed by atoms with E-state index in [1.807, 2.05) is 0 Å². The van der Waals surface area contributed by atoms with Gasteiger partial charge in [0.15, 0.2) is 0 Å². The van der Waals surface area contributed by atoms with Gasteiger partial charge in [-0.15, -0.1) is 0 Å². The highest BCUT2D eigenvalue weighted by Gasteiger charge is 2.71. The number of ether oxygens (including phenoxy) is 2. The molecule has 4 atom stereocenters. The van der Waals surface area contributed by atoms with Gasteiger partial charge < -0.3 is 24.5 Å². The van der Waals surface area contributed by atoms with E-state index in [1.165, 1.54) is 44.4 Å². The zero-order valence-corrected chi connectivity index (χ0v) is 28.0. The summed E-state index contributed by atoms with van der Waals surface area (Å²) in [5, 5.41) is 3.34. The van der Waals surface area contributed by atoms with Crippen LogP contribution in [0.15, 0.2) is 30.3 Å². The van der Waals surface area contributed by atoms with Crippen LogP contribution in [0.2, 0.25) is 20.1 Å². The molecule has 0 aromatic heterocycles. The molecule has 9 nitrogen and oxygen atoms in total. The molecule has 0 radical (unpaired) electrons. The highest BCUT2D eigenvalue weighted by molar-refractivity contribution is 6.37. The Kier molecular flexibility index (Phi) is 10.0. The number of nitrogens with zero attached hydrogens (tertiary/aromatic N) is 2. The van der Waals surface area contributed by atoms with E-state index in [4.69, 9.17) is 55.9 Å². The van der Waals surface area contributed by atoms with Crippen LogP contribution in [0.1, 0.15) is 32.8 Å². The van der Waals surface area contributed by atoms with Crippen molar-refractivity contribution in [3.8, 4) is 0 Å². The van der Waals surface area contributed by atoms with Crippen LogP contribution < -0.4 is 10.2 Å². The molecule has 0 spiro atoms. The number of carbonyl (C=O) groups is 4. The van der Waals surface area contributed by atoms with Gasteiger partial charge in [0.2, 0.25) is 12.7 Å². The largest absolute Gasteiger partial charge is 0.428 e. The zero-order chi connectivity index (χ0) is 33.6. The SMILES string of the molecule is CNc1c(Cl)cc(Cl)cc1[C@]1(C=O)[C@@H](C(=O)OCOC(=O)C(C)(C)C)[C@H](C(=O)N(C)c2cc(Cl)cc(Cl)c2)C2CC(F)(F)CN21. The molecule has 2 fully saturated rings. The molecule has 244 valence electrons. The molecule has 0 aliphatic carbocycles. The third-order valence-corrected chi connectivity index (χ3v) is 9.01. The van der Waals surface area contributed by atoms with Gasteiger partial charge in [0, 0.05) is 52.9 Å². The molecule has 0 bridgehead atoms. The molecule has 45 heavy (non-hydrogen) atoms. The summed E-state index contributed by atoms with van der Waals surface area (Å²) in [5.41, 5.74) is -2.83. The number of halogens is 6. The summed E-state index contributed by atoms with van der Waals surface area (Å²) < 4.78 is 41.0. The van der Waals surface area contributed by atoms with E-state index >= 15 is 8.78 Å². The van der Waals surface area contributed by atoms with Gasteiger partial charge in [0.05, 0.1) is 34.5 Å². The van der Waals surface area contributed by atoms with Gasteiger partial charge in [-0.3, -0.25) is 19.3 Å². The average molecular weight is 709 g/mol. The Morgan fingerprint density at radius 3 is 2.20 bits per heavy atom. The number of hydrogen-bond acceptors (Lipinski definition) is 8. The number of nitrogens with one attached hydrogen (secondary N) is 1. The molecule has 0 saturated carbocycles. The van der Waals surface area contributed by atoms with Gasteiger partial charge in [0.1, 0.15) is 11.8 Å². The number of aldehydes is 1. The fourth-order valence-electron chi connectivity index (χ4n) is 6.08. The van der Waals surface area contributed by atoms with Crippen LogP contribution in [-0.4, -0.2) is 68.4 Å². The molecular formula is C30H31Cl4F2N3O6. The van der Waals surface area contributed by atoms with Crippen molar-refractivity contribution in [3.63, 3.8) is 0 Å². The van der Waals surface area contributed by atoms with Gasteiger partial charge in [-0.25, -0.2) is 8.78 Å². The lowest BCUT2D eigenvalue weighted by Gasteiger charge is -2.38. The quantitative estimate of drug-likeness (QED) is 0.190. The van der Waals surface area contributed by atoms with Crippen molar-refractivity contribution in [1.29, 1.82) is 0 Å². The third-order valence-electron chi connectivity index (χ3n) is 8.06. The van der Waals surface area contributed by atoms with Crippen molar-refractivity contribution in [2.75, 3.05) is 37.6 Å². The molecule has 1 unspecified atom stereocenters. The van der Waals surface area contributed by atoms with Crippen molar-refractivity contribution in [2.24, 2.45) is 17.3 Å². The highest BCUT2D eigenvalue weighted by Crippen LogP contribution is 2.58. The Bertz CT molecular complexity index is 1520. The number of fused-ring (bicyclic) bond motifs is 1. The molecular weight excluding hydrogens is 678 g/mol. The summed E-state index contributed by atoms with van der Waals surface area (Å²) in [6, 6.07) is 5.69. The summed E-state index contributed by atoms with van der Waals surface area (Å²) in [4.78, 5) is 56.5. The number of esters is 2. The summed E-state index contributed by atoms with van der Waals surface area (Å²) in [6.07, 6.45) is -0.518. The number of anilines is 2. The second-order valence-electron chi connectivity index (χ2n) is 12.1. The normalized spacial score (nSPS) is 24.1. The molecule has 1 amide bonds. The lowest BCUT2D eigenvalue weighted by atomic mass is 9.73. The van der Waals surface area contributed by atoms with E-state index in [0.29, 0.717) is 6.29 Å². The number of benzene rings is 2. The summed E-state index contributed by atoms with van der Waals surface area (Å²) in [7, 11) is 2.85. The Balaban J connectivity index is 1.92. The first-order chi connectivity index (χ1) is 20.9. The van der Waals surface area contributed by atoms with Crippen LogP contribution in [0.3, 0.4) is 0 Å². The maximum Gasteiger partial charge on any atom is 0.315 e. The van der Waals surface area contributed by atoms with Gasteiger partial charge in [-0.1, -0.05) is 46.4 Å². The summed E-state index contributed by atoms with van der Waals surface area (Å²) in [5.74, 6) is -9.26. The van der Waals surface area contributed by atoms with Gasteiger partial charge in [0.25, 0.3) is 5.92 Å². The molecule has 15 heteroatoms. The van der Waals surface area contributed by atoms with E-state index in [2.05, 4.69) is 5.32 Å². The van der Waals surface area contributed by atoms with E-state index in [-0.39, 0.29) is 37.0 Å². The lowest BCUT2D eigenvalue weighted by Crippen LogP contribution is -2.52. The number of carbonyl (C=O) groups excluding carboxylic acids is 4. The van der Waals surface area contributed by atoms with E-state index < -0.39 is 72.4 Å². The van der Waals surface area contributed by atoms with Crippen molar-refractivity contribution < 1.29 is 37.4 Å².